The zero-order chi connectivity index (χ0) is 36.0. The SMILES string of the molecule is C#Cc1c(F)ccc2cc(O)cc(-c3ncc4c(N5CCOCC(C)(O)C5)nc(OCC56CCCC5N(C5CCCOCC5)CCC6)nc4c3F)c12. The lowest BCUT2D eigenvalue weighted by molar-refractivity contribution is -0.0266. The lowest BCUT2D eigenvalue weighted by Crippen LogP contribution is -2.55. The number of aromatic nitrogens is 3. The smallest absolute Gasteiger partial charge is 0.319 e. The van der Waals surface area contributed by atoms with Crippen LogP contribution in [-0.2, 0) is 9.47 Å². The average molecular weight is 714 g/mol. The molecule has 274 valence electrons. The third-order valence-electron chi connectivity index (χ3n) is 11.6. The van der Waals surface area contributed by atoms with E-state index in [4.69, 9.17) is 25.6 Å². The Labute approximate surface area is 302 Å². The molecule has 4 unspecified atom stereocenters. The fourth-order valence-corrected chi connectivity index (χ4v) is 9.25. The molecular weight excluding hydrogens is 668 g/mol. The fraction of sp³-hybridized carbons (Fsp3) is 0.525. The van der Waals surface area contributed by atoms with Gasteiger partial charge < -0.3 is 29.3 Å². The Balaban J connectivity index is 1.22. The minimum atomic E-state index is -1.19. The van der Waals surface area contributed by atoms with E-state index >= 15 is 4.39 Å². The van der Waals surface area contributed by atoms with E-state index in [9.17, 15) is 14.6 Å². The molecule has 0 spiro atoms. The summed E-state index contributed by atoms with van der Waals surface area (Å²) in [6.45, 7) is 5.79. The summed E-state index contributed by atoms with van der Waals surface area (Å²) in [6, 6.07) is 6.38. The lowest BCUT2D eigenvalue weighted by Gasteiger charge is -2.49. The number of hydrogen-bond donors (Lipinski definition) is 2. The molecule has 1 saturated carbocycles. The van der Waals surface area contributed by atoms with Crippen molar-refractivity contribution in [1.82, 2.24) is 19.9 Å². The van der Waals surface area contributed by atoms with Gasteiger partial charge in [-0.3, -0.25) is 9.88 Å². The second-order valence-corrected chi connectivity index (χ2v) is 15.2. The molecule has 52 heavy (non-hydrogen) atoms. The van der Waals surface area contributed by atoms with Gasteiger partial charge in [0.15, 0.2) is 5.82 Å². The highest BCUT2D eigenvalue weighted by atomic mass is 19.1. The first-order valence-corrected chi connectivity index (χ1v) is 18.5. The minimum absolute atomic E-state index is 0.0273. The van der Waals surface area contributed by atoms with Crippen molar-refractivity contribution in [3.05, 3.63) is 47.7 Å². The Morgan fingerprint density at radius 2 is 1.90 bits per heavy atom. The number of likely N-dealkylation sites (tertiary alicyclic amines) is 1. The highest BCUT2D eigenvalue weighted by molar-refractivity contribution is 6.03. The first-order chi connectivity index (χ1) is 25.2. The van der Waals surface area contributed by atoms with Gasteiger partial charge >= 0.3 is 6.01 Å². The van der Waals surface area contributed by atoms with E-state index in [1.54, 1.807) is 6.92 Å². The molecule has 12 heteroatoms. The second-order valence-electron chi connectivity index (χ2n) is 15.2. The summed E-state index contributed by atoms with van der Waals surface area (Å²) in [6.07, 6.45) is 15.8. The predicted octanol–water partition coefficient (Wildman–Crippen LogP) is 5.98. The Morgan fingerprint density at radius 1 is 1.04 bits per heavy atom. The van der Waals surface area contributed by atoms with Crippen LogP contribution in [0.5, 0.6) is 11.8 Å². The number of aromatic hydroxyl groups is 1. The van der Waals surface area contributed by atoms with E-state index in [-0.39, 0.29) is 58.1 Å². The summed E-state index contributed by atoms with van der Waals surface area (Å²) in [4.78, 5) is 18.6. The maximum absolute atomic E-state index is 17.1. The number of piperidine rings is 1. The van der Waals surface area contributed by atoms with Gasteiger partial charge in [0.2, 0.25) is 0 Å². The number of anilines is 1. The topological polar surface area (TPSA) is 113 Å². The van der Waals surface area contributed by atoms with Crippen molar-refractivity contribution >= 4 is 27.5 Å². The van der Waals surface area contributed by atoms with Crippen molar-refractivity contribution in [2.45, 2.75) is 76.0 Å². The van der Waals surface area contributed by atoms with Crippen LogP contribution in [0.15, 0.2) is 30.5 Å². The lowest BCUT2D eigenvalue weighted by atomic mass is 9.74. The van der Waals surface area contributed by atoms with Crippen molar-refractivity contribution in [3.63, 3.8) is 0 Å². The molecule has 3 aliphatic heterocycles. The molecule has 10 nitrogen and oxygen atoms in total. The van der Waals surface area contributed by atoms with E-state index in [2.05, 4.69) is 20.8 Å². The van der Waals surface area contributed by atoms with Gasteiger partial charge in [-0.2, -0.15) is 9.97 Å². The molecule has 2 aromatic carbocycles. The molecule has 4 aliphatic rings. The van der Waals surface area contributed by atoms with Gasteiger partial charge in [0.25, 0.3) is 0 Å². The van der Waals surface area contributed by atoms with Crippen LogP contribution >= 0.6 is 0 Å². The molecule has 4 atom stereocenters. The van der Waals surface area contributed by atoms with Crippen LogP contribution < -0.4 is 9.64 Å². The highest BCUT2D eigenvalue weighted by Gasteiger charge is 2.50. The number of phenols is 1. The summed E-state index contributed by atoms with van der Waals surface area (Å²) in [5.41, 5.74) is -1.40. The first kappa shape index (κ1) is 34.9. The van der Waals surface area contributed by atoms with Crippen molar-refractivity contribution in [2.75, 3.05) is 57.6 Å². The number of β-amino-alcohol motifs (C(OH)–C–C–N with tert-alkyl or cyclic N) is 1. The molecule has 4 aromatic rings. The number of benzene rings is 2. The number of pyridine rings is 1. The summed E-state index contributed by atoms with van der Waals surface area (Å²) in [7, 11) is 0. The van der Waals surface area contributed by atoms with Gasteiger partial charge in [-0.15, -0.1) is 6.42 Å². The number of terminal acetylenes is 1. The van der Waals surface area contributed by atoms with Crippen LogP contribution in [0, 0.1) is 29.4 Å². The molecule has 2 aromatic heterocycles. The van der Waals surface area contributed by atoms with Gasteiger partial charge in [-0.1, -0.05) is 18.4 Å². The number of hydrogen-bond acceptors (Lipinski definition) is 10. The average Bonchev–Trinajstić information content (AvgIpc) is 3.26. The maximum atomic E-state index is 17.1. The standard InChI is InChI=1S/C40H45F2N5O5/c1-3-28-31(41)10-9-25-19-27(48)20-29(33(25)28)35-34(42)36-30(21-43-35)37(46-15-18-51-23-39(2,49)22-46)45-38(44-36)52-24-40-12-4-8-32(40)47(14-6-13-40)26-7-5-16-50-17-11-26/h1,9-10,19-21,26,32,48-49H,4-8,11-18,22-24H2,2H3. The van der Waals surface area contributed by atoms with Gasteiger partial charge in [-0.05, 0) is 82.0 Å². The van der Waals surface area contributed by atoms with Crippen LogP contribution in [-0.4, -0.2) is 100 Å². The van der Waals surface area contributed by atoms with Gasteiger partial charge in [0, 0.05) is 54.4 Å². The Hall–Kier alpha value is -4.15. The molecule has 8 rings (SSSR count). The minimum Gasteiger partial charge on any atom is -0.508 e. The number of ether oxygens (including phenoxy) is 3. The molecule has 0 amide bonds. The third-order valence-corrected chi connectivity index (χ3v) is 11.6. The molecule has 4 fully saturated rings. The monoisotopic (exact) mass is 713 g/mol. The number of halogens is 2. The summed E-state index contributed by atoms with van der Waals surface area (Å²) in [5.74, 6) is 1.17. The van der Waals surface area contributed by atoms with E-state index < -0.39 is 17.2 Å². The van der Waals surface area contributed by atoms with Crippen molar-refractivity contribution in [3.8, 4) is 35.4 Å². The molecule has 3 saturated heterocycles. The maximum Gasteiger partial charge on any atom is 0.319 e. The van der Waals surface area contributed by atoms with Crippen LogP contribution in [0.2, 0.25) is 0 Å². The highest BCUT2D eigenvalue weighted by Crippen LogP contribution is 2.49. The third kappa shape index (κ3) is 6.42. The predicted molar refractivity (Wildman–Crippen MR) is 193 cm³/mol. The van der Waals surface area contributed by atoms with Gasteiger partial charge in [-0.25, -0.2) is 8.78 Å². The first-order valence-electron chi connectivity index (χ1n) is 18.5. The van der Waals surface area contributed by atoms with Crippen LogP contribution in [0.3, 0.4) is 0 Å². The van der Waals surface area contributed by atoms with Gasteiger partial charge in [0.05, 0.1) is 37.3 Å². The number of phenolic OH excluding ortho intramolecular Hbond substituents is 1. The van der Waals surface area contributed by atoms with Crippen LogP contribution in [0.4, 0.5) is 14.6 Å². The van der Waals surface area contributed by atoms with E-state index in [0.29, 0.717) is 48.4 Å². The molecule has 5 heterocycles. The quantitative estimate of drug-likeness (QED) is 0.232. The summed E-state index contributed by atoms with van der Waals surface area (Å²) >= 11 is 0. The molecule has 2 N–H and O–H groups in total. The van der Waals surface area contributed by atoms with Crippen molar-refractivity contribution in [1.29, 1.82) is 0 Å². The number of nitrogens with zero attached hydrogens (tertiary/aromatic N) is 5. The Kier molecular flexibility index (Phi) is 9.40. The van der Waals surface area contributed by atoms with Crippen LogP contribution in [0.1, 0.15) is 63.9 Å². The fourth-order valence-electron chi connectivity index (χ4n) is 9.25. The summed E-state index contributed by atoms with van der Waals surface area (Å²) in [5, 5.41) is 22.7. The van der Waals surface area contributed by atoms with E-state index in [1.165, 1.54) is 30.5 Å². The van der Waals surface area contributed by atoms with Gasteiger partial charge in [0.1, 0.15) is 34.2 Å². The molecule has 0 bridgehead atoms. The Bertz CT molecular complexity index is 2030. The zero-order valence-electron chi connectivity index (χ0n) is 29.5. The number of aliphatic hydroxyl groups is 1. The second kappa shape index (κ2) is 14.0. The van der Waals surface area contributed by atoms with E-state index in [1.807, 2.05) is 4.90 Å². The van der Waals surface area contributed by atoms with E-state index in [0.717, 1.165) is 71.1 Å². The van der Waals surface area contributed by atoms with Crippen LogP contribution in [0.25, 0.3) is 32.9 Å². The number of rotatable bonds is 6. The van der Waals surface area contributed by atoms with Crippen molar-refractivity contribution in [2.24, 2.45) is 5.41 Å². The molecule has 1 aliphatic carbocycles. The summed E-state index contributed by atoms with van der Waals surface area (Å²) < 4.78 is 50.1. The Morgan fingerprint density at radius 3 is 2.77 bits per heavy atom. The number of fused-ring (bicyclic) bond motifs is 3. The molecule has 0 radical (unpaired) electrons. The largest absolute Gasteiger partial charge is 0.508 e. The van der Waals surface area contributed by atoms with Crippen molar-refractivity contribution < 1.29 is 33.2 Å². The molecular formula is C40H45F2N5O5. The zero-order valence-corrected chi connectivity index (χ0v) is 29.5. The normalized spacial score (nSPS) is 27.2.